The van der Waals surface area contributed by atoms with Gasteiger partial charge in [-0.1, -0.05) is 11.6 Å². The van der Waals surface area contributed by atoms with E-state index >= 15 is 0 Å². The zero-order valence-electron chi connectivity index (χ0n) is 17.6. The monoisotopic (exact) mass is 423 g/mol. The van der Waals surface area contributed by atoms with Crippen LogP contribution in [0.2, 0.25) is 5.02 Å². The highest BCUT2D eigenvalue weighted by atomic mass is 35.5. The molecule has 0 aromatic heterocycles. The molecule has 1 aromatic carbocycles. The number of nitrogens with zero attached hydrogens (tertiary/aromatic N) is 1. The Bertz CT molecular complexity index is 673. The zero-order valence-corrected chi connectivity index (χ0v) is 18.4. The number of aliphatic imine (C=N–C) groups is 1. The molecule has 2 N–H and O–H groups in total. The number of hydrogen-bond acceptors (Lipinski definition) is 4. The Morgan fingerprint density at radius 3 is 2.76 bits per heavy atom. The Hall–Kier alpha value is -1.50. The van der Waals surface area contributed by atoms with Crippen LogP contribution in [-0.4, -0.2) is 59.6 Å². The molecule has 162 valence electrons. The van der Waals surface area contributed by atoms with Crippen LogP contribution in [-0.2, 0) is 14.9 Å². The molecule has 1 heterocycles. The normalized spacial score (nSPS) is 19.1. The second-order valence-electron chi connectivity index (χ2n) is 7.96. The molecule has 6 nitrogen and oxygen atoms in total. The maximum atomic E-state index is 6.32. The molecule has 2 aliphatic rings. The first-order valence-electron chi connectivity index (χ1n) is 10.6. The lowest BCUT2D eigenvalue weighted by molar-refractivity contribution is 0.0505. The van der Waals surface area contributed by atoms with E-state index in [1.165, 1.54) is 12.8 Å². The second-order valence-corrected chi connectivity index (χ2v) is 8.40. The molecule has 0 unspecified atom stereocenters. The lowest BCUT2D eigenvalue weighted by Gasteiger charge is -2.39. The van der Waals surface area contributed by atoms with Gasteiger partial charge in [-0.25, -0.2) is 0 Å². The van der Waals surface area contributed by atoms with Gasteiger partial charge in [0.25, 0.3) is 0 Å². The topological polar surface area (TPSA) is 64.1 Å². The summed E-state index contributed by atoms with van der Waals surface area (Å²) >= 11 is 6.32. The van der Waals surface area contributed by atoms with Crippen LogP contribution in [0.25, 0.3) is 0 Å². The highest BCUT2D eigenvalue weighted by Crippen LogP contribution is 2.40. The number of rotatable bonds is 10. The summed E-state index contributed by atoms with van der Waals surface area (Å²) in [5, 5.41) is 7.63. The summed E-state index contributed by atoms with van der Waals surface area (Å²) < 4.78 is 17.0. The fourth-order valence-electron chi connectivity index (χ4n) is 3.79. The highest BCUT2D eigenvalue weighted by Gasteiger charge is 2.37. The van der Waals surface area contributed by atoms with Crippen LogP contribution in [0.15, 0.2) is 23.2 Å². The van der Waals surface area contributed by atoms with Crippen LogP contribution in [0.5, 0.6) is 5.75 Å². The van der Waals surface area contributed by atoms with Gasteiger partial charge < -0.3 is 24.8 Å². The third-order valence-electron chi connectivity index (χ3n) is 5.81. The largest absolute Gasteiger partial charge is 0.496 e. The maximum absolute atomic E-state index is 6.32. The molecule has 0 atom stereocenters. The lowest BCUT2D eigenvalue weighted by atomic mass is 9.73. The third kappa shape index (κ3) is 6.49. The number of nitrogens with one attached hydrogen (secondary N) is 2. The summed E-state index contributed by atoms with van der Waals surface area (Å²) in [5.74, 6) is 2.49. The van der Waals surface area contributed by atoms with Crippen molar-refractivity contribution in [2.45, 2.75) is 37.5 Å². The van der Waals surface area contributed by atoms with Gasteiger partial charge in [0.15, 0.2) is 5.96 Å². The molecular formula is C22H34ClN3O3. The van der Waals surface area contributed by atoms with E-state index in [-0.39, 0.29) is 5.41 Å². The predicted molar refractivity (Wildman–Crippen MR) is 117 cm³/mol. The highest BCUT2D eigenvalue weighted by molar-refractivity contribution is 6.30. The van der Waals surface area contributed by atoms with Crippen molar-refractivity contribution in [2.24, 2.45) is 10.9 Å². The number of halogens is 1. The van der Waals surface area contributed by atoms with Gasteiger partial charge >= 0.3 is 0 Å². The molecule has 0 radical (unpaired) electrons. The van der Waals surface area contributed by atoms with Gasteiger partial charge in [0.05, 0.1) is 7.11 Å². The predicted octanol–water partition coefficient (Wildman–Crippen LogP) is 3.38. The Kier molecular flexibility index (Phi) is 8.45. The summed E-state index contributed by atoms with van der Waals surface area (Å²) in [6.07, 6.45) is 5.44. The van der Waals surface area contributed by atoms with E-state index in [9.17, 15) is 0 Å². The Labute approximate surface area is 179 Å². The Morgan fingerprint density at radius 1 is 1.28 bits per heavy atom. The summed E-state index contributed by atoms with van der Waals surface area (Å²) in [6.45, 7) is 4.73. The molecule has 1 aliphatic carbocycles. The molecule has 0 amide bonds. The first-order valence-corrected chi connectivity index (χ1v) is 11.0. The number of guanidine groups is 1. The quantitative estimate of drug-likeness (QED) is 0.343. The molecule has 1 aliphatic heterocycles. The van der Waals surface area contributed by atoms with Crippen LogP contribution in [0.1, 0.15) is 37.7 Å². The molecule has 2 fully saturated rings. The lowest BCUT2D eigenvalue weighted by Crippen LogP contribution is -2.48. The van der Waals surface area contributed by atoms with Crippen molar-refractivity contribution in [2.75, 3.05) is 53.7 Å². The minimum Gasteiger partial charge on any atom is -0.496 e. The van der Waals surface area contributed by atoms with E-state index in [2.05, 4.69) is 15.6 Å². The number of methoxy groups -OCH3 is 1. The van der Waals surface area contributed by atoms with Crippen LogP contribution in [0, 0.1) is 5.92 Å². The molecule has 1 saturated heterocycles. The number of ether oxygens (including phenoxy) is 3. The molecule has 7 heteroatoms. The van der Waals surface area contributed by atoms with E-state index in [0.29, 0.717) is 0 Å². The summed E-state index contributed by atoms with van der Waals surface area (Å²) in [6, 6.07) is 5.85. The molecular weight excluding hydrogens is 390 g/mol. The first-order chi connectivity index (χ1) is 14.2. The van der Waals surface area contributed by atoms with Crippen LogP contribution in [0.3, 0.4) is 0 Å². The second kappa shape index (κ2) is 11.0. The number of benzene rings is 1. The van der Waals surface area contributed by atoms with Crippen molar-refractivity contribution in [3.63, 3.8) is 0 Å². The molecule has 29 heavy (non-hydrogen) atoms. The summed E-state index contributed by atoms with van der Waals surface area (Å²) in [7, 11) is 3.51. The molecule has 1 saturated carbocycles. The van der Waals surface area contributed by atoms with Gasteiger partial charge in [0, 0.05) is 62.6 Å². The third-order valence-corrected chi connectivity index (χ3v) is 6.04. The average Bonchev–Trinajstić information content (AvgIpc) is 3.58. The molecule has 3 rings (SSSR count). The van der Waals surface area contributed by atoms with Crippen LogP contribution in [0.4, 0.5) is 0 Å². The van der Waals surface area contributed by atoms with Gasteiger partial charge in [-0.05, 0) is 56.2 Å². The average molecular weight is 424 g/mol. The van der Waals surface area contributed by atoms with Crippen molar-refractivity contribution in [3.05, 3.63) is 28.8 Å². The van der Waals surface area contributed by atoms with Crippen molar-refractivity contribution >= 4 is 17.6 Å². The Balaban J connectivity index is 1.56. The first kappa shape index (κ1) is 22.2. The van der Waals surface area contributed by atoms with Gasteiger partial charge in [0.2, 0.25) is 0 Å². The van der Waals surface area contributed by atoms with Crippen LogP contribution < -0.4 is 15.4 Å². The van der Waals surface area contributed by atoms with E-state index in [1.54, 1.807) is 14.2 Å². The van der Waals surface area contributed by atoms with Gasteiger partial charge in [-0.3, -0.25) is 4.99 Å². The minimum absolute atomic E-state index is 0.112. The standard InChI is InChI=1S/C22H34ClN3O3/c1-24-21(25-10-3-11-29-15-17-4-5-17)26-16-22(8-12-28-13-9-22)19-14-18(23)6-7-20(19)27-2/h6-7,14,17H,3-5,8-13,15-16H2,1-2H3,(H2,24,25,26). The SMILES string of the molecule is CN=C(NCCCOCC1CC1)NCC1(c2cc(Cl)ccc2OC)CCOCC1. The Morgan fingerprint density at radius 2 is 2.07 bits per heavy atom. The molecule has 0 spiro atoms. The summed E-state index contributed by atoms with van der Waals surface area (Å²) in [4.78, 5) is 4.38. The summed E-state index contributed by atoms with van der Waals surface area (Å²) in [5.41, 5.74) is 1.02. The van der Waals surface area contributed by atoms with E-state index in [4.69, 9.17) is 25.8 Å². The van der Waals surface area contributed by atoms with E-state index in [1.807, 2.05) is 18.2 Å². The molecule has 1 aromatic rings. The zero-order chi connectivity index (χ0) is 20.5. The van der Waals surface area contributed by atoms with Gasteiger partial charge in [-0.2, -0.15) is 0 Å². The van der Waals surface area contributed by atoms with Crippen molar-refractivity contribution < 1.29 is 14.2 Å². The fraction of sp³-hybridized carbons (Fsp3) is 0.682. The fourth-order valence-corrected chi connectivity index (χ4v) is 3.96. The minimum atomic E-state index is -0.112. The smallest absolute Gasteiger partial charge is 0.191 e. The molecule has 0 bridgehead atoms. The van der Waals surface area contributed by atoms with Gasteiger partial charge in [0.1, 0.15) is 5.75 Å². The van der Waals surface area contributed by atoms with Crippen molar-refractivity contribution in [1.29, 1.82) is 0 Å². The van der Waals surface area contributed by atoms with E-state index < -0.39 is 0 Å². The van der Waals surface area contributed by atoms with Crippen molar-refractivity contribution in [3.8, 4) is 5.75 Å². The van der Waals surface area contributed by atoms with E-state index in [0.717, 1.165) is 87.0 Å². The number of hydrogen-bond donors (Lipinski definition) is 2. The van der Waals surface area contributed by atoms with Crippen molar-refractivity contribution in [1.82, 2.24) is 10.6 Å². The maximum Gasteiger partial charge on any atom is 0.191 e. The van der Waals surface area contributed by atoms with Crippen LogP contribution >= 0.6 is 11.6 Å². The van der Waals surface area contributed by atoms with Gasteiger partial charge in [-0.15, -0.1) is 0 Å².